The molecule has 0 aliphatic rings. The van der Waals surface area contributed by atoms with Crippen molar-refractivity contribution < 1.29 is 4.74 Å². The van der Waals surface area contributed by atoms with Crippen LogP contribution in [0.15, 0.2) is 97.5 Å². The quantitative estimate of drug-likeness (QED) is 0.148. The molecule has 0 spiro atoms. The van der Waals surface area contributed by atoms with Crippen LogP contribution in [0.5, 0.6) is 11.5 Å². The van der Waals surface area contributed by atoms with Gasteiger partial charge in [-0.2, -0.15) is 5.10 Å². The Morgan fingerprint density at radius 2 is 1.25 bits per heavy atom. The maximum Gasteiger partial charge on any atom is 0.137 e. The lowest BCUT2D eigenvalue weighted by atomic mass is 9.63. The molecule has 0 atom stereocenters. The molecule has 0 unspecified atom stereocenters. The normalized spacial score (nSPS) is 12.6. The molecule has 0 amide bonds. The third kappa shape index (κ3) is 7.29. The van der Waals surface area contributed by atoms with Gasteiger partial charge in [-0.05, 0) is 117 Å². The van der Waals surface area contributed by atoms with Crippen LogP contribution in [0.25, 0.3) is 44.4 Å². The average Bonchev–Trinajstić information content (AvgIpc) is 3.73. The molecule has 3 heterocycles. The van der Waals surface area contributed by atoms with Gasteiger partial charge in [0, 0.05) is 40.9 Å². The summed E-state index contributed by atoms with van der Waals surface area (Å²) >= 11 is 0. The number of nitrogens with zero attached hydrogens (tertiary/aromatic N) is 4. The van der Waals surface area contributed by atoms with Crippen LogP contribution in [0.3, 0.4) is 0 Å². The highest BCUT2D eigenvalue weighted by molar-refractivity contribution is 6.09. The Morgan fingerprint density at radius 1 is 0.625 bits per heavy atom. The number of pyridine rings is 1. The third-order valence-electron chi connectivity index (χ3n) is 10.9. The van der Waals surface area contributed by atoms with Gasteiger partial charge in [0.1, 0.15) is 17.3 Å². The molecule has 0 aliphatic carbocycles. The van der Waals surface area contributed by atoms with Gasteiger partial charge in [-0.25, -0.2) is 9.67 Å². The Bertz CT molecular complexity index is 2500. The number of benzene rings is 4. The molecule has 0 N–H and O–H groups in total. The number of fused-ring (bicyclic) bond motifs is 3. The first kappa shape index (κ1) is 39.1. The fourth-order valence-corrected chi connectivity index (χ4v) is 8.93. The molecule has 0 saturated carbocycles. The first-order valence-corrected chi connectivity index (χ1v) is 20.5. The van der Waals surface area contributed by atoms with Gasteiger partial charge >= 0.3 is 0 Å². The van der Waals surface area contributed by atoms with Crippen LogP contribution in [-0.2, 0) is 29.1 Å². The van der Waals surface area contributed by atoms with E-state index in [0.717, 1.165) is 59.7 Å². The Balaban J connectivity index is 1.33. The van der Waals surface area contributed by atoms with Gasteiger partial charge < -0.3 is 4.74 Å². The molecule has 0 bridgehead atoms. The van der Waals surface area contributed by atoms with Gasteiger partial charge in [-0.15, -0.1) is 0 Å². The summed E-state index contributed by atoms with van der Waals surface area (Å²) in [5, 5.41) is 7.39. The minimum atomic E-state index is -0.0256. The molecule has 4 aromatic carbocycles. The lowest BCUT2D eigenvalue weighted by Crippen LogP contribution is -2.31. The standard InChI is InChI=1S/C51H60N4O/c1-13-18-40-45(41(19-14-2)47(50(7,8)9)48(51(10,11)12)46(40)49(4,5)6)34-31-53-54(32-34)35-20-17-21-36(29-35)56-37-24-25-39-38-22-15-16-23-42(38)55(43(39)30-37)44-28-33(3)26-27-52-44/h15-17,20-32H,13-14,18-19H2,1-12H3. The first-order chi connectivity index (χ1) is 26.5. The summed E-state index contributed by atoms with van der Waals surface area (Å²) in [6, 6.07) is 27.3. The summed E-state index contributed by atoms with van der Waals surface area (Å²) in [5.41, 5.74) is 14.4. The minimum Gasteiger partial charge on any atom is -0.457 e. The van der Waals surface area contributed by atoms with Crippen molar-refractivity contribution in [2.24, 2.45) is 0 Å². The highest BCUT2D eigenvalue weighted by Gasteiger charge is 2.37. The van der Waals surface area contributed by atoms with Gasteiger partial charge in [0.2, 0.25) is 0 Å². The maximum absolute atomic E-state index is 6.63. The van der Waals surface area contributed by atoms with Crippen molar-refractivity contribution in [1.82, 2.24) is 19.3 Å². The van der Waals surface area contributed by atoms with Crippen molar-refractivity contribution in [2.75, 3.05) is 0 Å². The number of rotatable bonds is 9. The van der Waals surface area contributed by atoms with E-state index < -0.39 is 0 Å². The summed E-state index contributed by atoms with van der Waals surface area (Å²) in [6.45, 7) is 28.4. The summed E-state index contributed by atoms with van der Waals surface area (Å²) in [5.74, 6) is 2.42. The van der Waals surface area contributed by atoms with Crippen molar-refractivity contribution >= 4 is 21.8 Å². The topological polar surface area (TPSA) is 44.9 Å². The van der Waals surface area contributed by atoms with E-state index in [2.05, 4.69) is 167 Å². The molecule has 7 rings (SSSR count). The van der Waals surface area contributed by atoms with Crippen LogP contribution in [-0.4, -0.2) is 19.3 Å². The van der Waals surface area contributed by atoms with E-state index in [-0.39, 0.29) is 16.2 Å². The molecule has 3 aromatic heterocycles. The molecule has 5 heteroatoms. The number of ether oxygens (including phenoxy) is 1. The monoisotopic (exact) mass is 744 g/mol. The molecule has 0 fully saturated rings. The smallest absolute Gasteiger partial charge is 0.137 e. The van der Waals surface area contributed by atoms with Crippen LogP contribution in [0.1, 0.15) is 122 Å². The average molecular weight is 745 g/mol. The predicted molar refractivity (Wildman–Crippen MR) is 236 cm³/mol. The largest absolute Gasteiger partial charge is 0.457 e. The van der Waals surface area contributed by atoms with Gasteiger partial charge in [-0.1, -0.05) is 113 Å². The second-order valence-corrected chi connectivity index (χ2v) is 18.7. The van der Waals surface area contributed by atoms with Crippen molar-refractivity contribution in [2.45, 2.75) is 125 Å². The molecule has 56 heavy (non-hydrogen) atoms. The second kappa shape index (κ2) is 14.7. The van der Waals surface area contributed by atoms with Crippen LogP contribution < -0.4 is 4.74 Å². The number of hydrogen-bond acceptors (Lipinski definition) is 3. The molecular formula is C51H60N4O. The second-order valence-electron chi connectivity index (χ2n) is 18.7. The summed E-state index contributed by atoms with van der Waals surface area (Å²) < 4.78 is 10.9. The Hall–Kier alpha value is -5.16. The third-order valence-corrected chi connectivity index (χ3v) is 10.9. The molecule has 0 aliphatic heterocycles. The van der Waals surface area contributed by atoms with Gasteiger partial charge in [0.25, 0.3) is 0 Å². The molecule has 5 nitrogen and oxygen atoms in total. The van der Waals surface area contributed by atoms with Crippen LogP contribution in [0.4, 0.5) is 0 Å². The van der Waals surface area contributed by atoms with E-state index in [1.165, 1.54) is 49.7 Å². The summed E-state index contributed by atoms with van der Waals surface area (Å²) in [4.78, 5) is 4.76. The van der Waals surface area contributed by atoms with E-state index in [4.69, 9.17) is 14.8 Å². The van der Waals surface area contributed by atoms with Crippen molar-refractivity contribution in [3.05, 3.63) is 131 Å². The summed E-state index contributed by atoms with van der Waals surface area (Å²) in [7, 11) is 0. The zero-order chi connectivity index (χ0) is 40.2. The number of aryl methyl sites for hydroxylation is 1. The predicted octanol–water partition coefficient (Wildman–Crippen LogP) is 13.9. The molecular weight excluding hydrogens is 685 g/mol. The van der Waals surface area contributed by atoms with Crippen molar-refractivity contribution in [3.63, 3.8) is 0 Å². The van der Waals surface area contributed by atoms with Crippen LogP contribution >= 0.6 is 0 Å². The van der Waals surface area contributed by atoms with Crippen molar-refractivity contribution in [1.29, 1.82) is 0 Å². The maximum atomic E-state index is 6.63. The minimum absolute atomic E-state index is 0.00205. The highest BCUT2D eigenvalue weighted by Crippen LogP contribution is 2.49. The zero-order valence-electron chi connectivity index (χ0n) is 35.8. The van der Waals surface area contributed by atoms with Gasteiger partial charge in [0.05, 0.1) is 22.9 Å². The SMILES string of the molecule is CCCc1c(-c2cnn(-c3cccc(Oc4ccc5c6ccccc6n(-c6cc(C)ccn6)c5c4)c3)c2)c(CCC)c(C(C)(C)C)c(C(C)(C)C)c1C(C)(C)C. The molecule has 0 saturated heterocycles. The highest BCUT2D eigenvalue weighted by atomic mass is 16.5. The Labute approximate surface area is 334 Å². The molecule has 7 aromatic rings. The fourth-order valence-electron chi connectivity index (χ4n) is 8.93. The summed E-state index contributed by atoms with van der Waals surface area (Å²) in [6.07, 6.45) is 10.4. The van der Waals surface area contributed by atoms with E-state index in [1.807, 2.05) is 23.0 Å². The van der Waals surface area contributed by atoms with Gasteiger partial charge in [-0.3, -0.25) is 4.57 Å². The molecule has 290 valence electrons. The van der Waals surface area contributed by atoms with Crippen molar-refractivity contribution in [3.8, 4) is 34.1 Å². The van der Waals surface area contributed by atoms with Gasteiger partial charge in [0.15, 0.2) is 0 Å². The molecule has 0 radical (unpaired) electrons. The van der Waals surface area contributed by atoms with Crippen LogP contribution in [0.2, 0.25) is 0 Å². The first-order valence-electron chi connectivity index (χ1n) is 20.5. The Kier molecular flexibility index (Phi) is 10.3. The van der Waals surface area contributed by atoms with E-state index in [9.17, 15) is 0 Å². The lowest BCUT2D eigenvalue weighted by molar-refractivity contribution is 0.483. The fraction of sp³-hybridized carbons (Fsp3) is 0.373. The number of aromatic nitrogens is 4. The lowest BCUT2D eigenvalue weighted by Gasteiger charge is -2.41. The Morgan fingerprint density at radius 3 is 1.88 bits per heavy atom. The number of hydrogen-bond donors (Lipinski definition) is 0. The van der Waals surface area contributed by atoms with E-state index in [1.54, 1.807) is 5.56 Å². The van der Waals surface area contributed by atoms with E-state index in [0.29, 0.717) is 0 Å². The zero-order valence-corrected chi connectivity index (χ0v) is 35.8. The van der Waals surface area contributed by atoms with E-state index >= 15 is 0 Å². The number of para-hydroxylation sites is 1. The van der Waals surface area contributed by atoms with Crippen LogP contribution in [0, 0.1) is 6.92 Å².